The summed E-state index contributed by atoms with van der Waals surface area (Å²) in [4.78, 5) is 0. The van der Waals surface area contributed by atoms with Gasteiger partial charge in [-0.05, 0) is 69.4 Å². The van der Waals surface area contributed by atoms with Crippen molar-refractivity contribution in [2.45, 2.75) is 67.7 Å². The molecule has 0 unspecified atom stereocenters. The molecule has 0 N–H and O–H groups in total. The third-order valence-corrected chi connectivity index (χ3v) is 3.99. The highest BCUT2D eigenvalue weighted by Gasteiger charge is 2.21. The Balaban J connectivity index is 2.90. The molecule has 0 bridgehead atoms. The van der Waals surface area contributed by atoms with Crippen molar-refractivity contribution in [3.05, 3.63) is 47.0 Å². The molecule has 0 aliphatic rings. The Hall–Kier alpha value is -2.18. The summed E-state index contributed by atoms with van der Waals surface area (Å²) >= 11 is 0. The van der Waals surface area contributed by atoms with Crippen LogP contribution in [0.5, 0.6) is 0 Å². The first-order chi connectivity index (χ1) is 11.8. The van der Waals surface area contributed by atoms with Gasteiger partial charge < -0.3 is 0 Å². The average molecular weight is 345 g/mol. The first kappa shape index (κ1) is 20.1. The van der Waals surface area contributed by atoms with Crippen molar-refractivity contribution >= 4 is 10.8 Å². The first-order valence-electron chi connectivity index (χ1n) is 9.40. The van der Waals surface area contributed by atoms with E-state index >= 15 is 0 Å². The Labute approximate surface area is 160 Å². The fourth-order valence-corrected chi connectivity index (χ4v) is 2.71. The zero-order chi connectivity index (χ0) is 19.8. The maximum absolute atomic E-state index is 3.50. The number of benzene rings is 2. The van der Waals surface area contributed by atoms with E-state index < -0.39 is 0 Å². The van der Waals surface area contributed by atoms with Gasteiger partial charge in [0, 0.05) is 22.0 Å². The number of rotatable bonds is 0. The zero-order valence-electron chi connectivity index (χ0n) is 17.9. The Morgan fingerprint density at radius 3 is 1.65 bits per heavy atom. The molecule has 2 aromatic carbocycles. The lowest BCUT2D eigenvalue weighted by Crippen LogP contribution is -2.14. The summed E-state index contributed by atoms with van der Waals surface area (Å²) < 4.78 is 0. The summed E-state index contributed by atoms with van der Waals surface area (Å²) in [5.74, 6) is 13.8. The minimum absolute atomic E-state index is 0.00406. The van der Waals surface area contributed by atoms with Crippen molar-refractivity contribution in [3.8, 4) is 23.7 Å². The molecule has 0 heterocycles. The second kappa shape index (κ2) is 6.85. The summed E-state index contributed by atoms with van der Waals surface area (Å²) in [6, 6.07) is 10.8. The van der Waals surface area contributed by atoms with Crippen LogP contribution in [-0.4, -0.2) is 0 Å². The monoisotopic (exact) mass is 344 g/mol. The van der Waals surface area contributed by atoms with Crippen LogP contribution in [-0.2, 0) is 5.41 Å². The van der Waals surface area contributed by atoms with E-state index in [1.54, 1.807) is 0 Å². The van der Waals surface area contributed by atoms with Gasteiger partial charge in [0.1, 0.15) is 0 Å². The van der Waals surface area contributed by atoms with Gasteiger partial charge in [-0.15, -0.1) is 0 Å². The van der Waals surface area contributed by atoms with Crippen LogP contribution in [0.2, 0.25) is 0 Å². The van der Waals surface area contributed by atoms with Crippen molar-refractivity contribution in [2.75, 3.05) is 0 Å². The highest BCUT2D eigenvalue weighted by atomic mass is 14.2. The van der Waals surface area contributed by atoms with Crippen molar-refractivity contribution in [3.63, 3.8) is 0 Å². The molecule has 0 saturated carbocycles. The Morgan fingerprint density at radius 1 is 0.654 bits per heavy atom. The Kier molecular flexibility index (Phi) is 5.31. The molecule has 0 atom stereocenters. The summed E-state index contributed by atoms with van der Waals surface area (Å²) in [5, 5.41) is 2.39. The van der Waals surface area contributed by atoms with Crippen molar-refractivity contribution in [1.29, 1.82) is 0 Å². The standard InChI is InChI=1S/C26H32/c1-24(2,3)16-14-19-18-23(26(7,8)9)22(15-17-25(4,5)6)21-13-11-10-12-20(19)21/h10-13,18H,1-9H3. The van der Waals surface area contributed by atoms with Gasteiger partial charge in [0.2, 0.25) is 0 Å². The van der Waals surface area contributed by atoms with E-state index in [9.17, 15) is 0 Å². The molecule has 0 saturated heterocycles. The van der Waals surface area contributed by atoms with Crippen molar-refractivity contribution < 1.29 is 0 Å². The normalized spacial score (nSPS) is 12.2. The van der Waals surface area contributed by atoms with Gasteiger partial charge in [0.25, 0.3) is 0 Å². The molecule has 0 amide bonds. The third-order valence-electron chi connectivity index (χ3n) is 3.99. The van der Waals surface area contributed by atoms with E-state index in [1.165, 1.54) is 16.3 Å². The summed E-state index contributed by atoms with van der Waals surface area (Å²) in [6.45, 7) is 19.7. The second-order valence-electron chi connectivity index (χ2n) is 10.1. The van der Waals surface area contributed by atoms with Crippen LogP contribution in [0.4, 0.5) is 0 Å². The van der Waals surface area contributed by atoms with E-state index in [0.717, 1.165) is 11.1 Å². The molecule has 0 aromatic heterocycles. The molecule has 0 fully saturated rings. The van der Waals surface area contributed by atoms with Crippen molar-refractivity contribution in [2.24, 2.45) is 10.8 Å². The van der Waals surface area contributed by atoms with E-state index in [1.807, 2.05) is 0 Å². The maximum Gasteiger partial charge on any atom is 0.0362 e. The van der Waals surface area contributed by atoms with E-state index in [2.05, 4.69) is 116 Å². The molecule has 0 aliphatic heterocycles. The molecule has 0 aliphatic carbocycles. The van der Waals surface area contributed by atoms with E-state index in [4.69, 9.17) is 0 Å². The highest BCUT2D eigenvalue weighted by molar-refractivity contribution is 5.94. The summed E-state index contributed by atoms with van der Waals surface area (Å²) in [7, 11) is 0. The van der Waals surface area contributed by atoms with Crippen LogP contribution in [0.15, 0.2) is 30.3 Å². The number of hydrogen-bond donors (Lipinski definition) is 0. The van der Waals surface area contributed by atoms with Gasteiger partial charge in [-0.3, -0.25) is 0 Å². The number of fused-ring (bicyclic) bond motifs is 1. The zero-order valence-corrected chi connectivity index (χ0v) is 17.9. The molecule has 136 valence electrons. The van der Waals surface area contributed by atoms with Crippen LogP contribution in [0.3, 0.4) is 0 Å². The summed E-state index contributed by atoms with van der Waals surface area (Å²) in [6.07, 6.45) is 0. The van der Waals surface area contributed by atoms with Crippen molar-refractivity contribution in [1.82, 2.24) is 0 Å². The topological polar surface area (TPSA) is 0 Å². The largest absolute Gasteiger partial charge is 0.0919 e. The fraction of sp³-hybridized carbons (Fsp3) is 0.462. The lowest BCUT2D eigenvalue weighted by Gasteiger charge is -2.23. The first-order valence-corrected chi connectivity index (χ1v) is 9.40. The lowest BCUT2D eigenvalue weighted by molar-refractivity contribution is 0.570. The van der Waals surface area contributed by atoms with Crippen LogP contribution >= 0.6 is 0 Å². The molecule has 0 heteroatoms. The lowest BCUT2D eigenvalue weighted by atomic mass is 9.80. The minimum Gasteiger partial charge on any atom is -0.0919 e. The second-order valence-corrected chi connectivity index (χ2v) is 10.1. The molecule has 0 spiro atoms. The minimum atomic E-state index is -0.0268. The molecule has 0 nitrogen and oxygen atoms in total. The van der Waals surface area contributed by atoms with E-state index in [0.29, 0.717) is 0 Å². The molecule has 26 heavy (non-hydrogen) atoms. The Morgan fingerprint density at radius 2 is 1.15 bits per heavy atom. The SMILES string of the molecule is CC(C)(C)C#Cc1cc(C(C)(C)C)c(C#CC(C)(C)C)c2ccccc12. The summed E-state index contributed by atoms with van der Waals surface area (Å²) in [5.41, 5.74) is 3.47. The predicted octanol–water partition coefficient (Wildman–Crippen LogP) is 6.93. The van der Waals surface area contributed by atoms with Gasteiger partial charge in [0.15, 0.2) is 0 Å². The highest BCUT2D eigenvalue weighted by Crippen LogP contribution is 2.33. The van der Waals surface area contributed by atoms with Gasteiger partial charge in [0.05, 0.1) is 0 Å². The molecule has 2 aromatic rings. The predicted molar refractivity (Wildman–Crippen MR) is 115 cm³/mol. The van der Waals surface area contributed by atoms with Gasteiger partial charge in [-0.25, -0.2) is 0 Å². The molecular weight excluding hydrogens is 312 g/mol. The van der Waals surface area contributed by atoms with Gasteiger partial charge in [-0.2, -0.15) is 0 Å². The quantitative estimate of drug-likeness (QED) is 0.454. The number of hydrogen-bond acceptors (Lipinski definition) is 0. The van der Waals surface area contributed by atoms with E-state index in [-0.39, 0.29) is 16.2 Å². The van der Waals surface area contributed by atoms with Crippen LogP contribution in [0.25, 0.3) is 10.8 Å². The molecule has 0 radical (unpaired) electrons. The molecular formula is C26H32. The fourth-order valence-electron chi connectivity index (χ4n) is 2.71. The maximum atomic E-state index is 3.50. The van der Waals surface area contributed by atoms with Crippen LogP contribution in [0.1, 0.15) is 79.0 Å². The van der Waals surface area contributed by atoms with Gasteiger partial charge in [-0.1, -0.05) is 68.7 Å². The van der Waals surface area contributed by atoms with Gasteiger partial charge >= 0.3 is 0 Å². The Bertz CT molecular complexity index is 928. The van der Waals surface area contributed by atoms with Crippen LogP contribution < -0.4 is 0 Å². The molecule has 2 rings (SSSR count). The third kappa shape index (κ3) is 5.16. The smallest absolute Gasteiger partial charge is 0.0362 e. The van der Waals surface area contributed by atoms with Crippen LogP contribution in [0, 0.1) is 34.5 Å². The average Bonchev–Trinajstić information content (AvgIpc) is 2.48.